The summed E-state index contributed by atoms with van der Waals surface area (Å²) in [5, 5.41) is 3.39. The van der Waals surface area contributed by atoms with E-state index in [-0.39, 0.29) is 0 Å². The van der Waals surface area contributed by atoms with Crippen molar-refractivity contribution < 1.29 is 0 Å². The van der Waals surface area contributed by atoms with Crippen molar-refractivity contribution >= 4 is 12.8 Å². The summed E-state index contributed by atoms with van der Waals surface area (Å²) in [6.45, 7) is 3.05. The third-order valence-electron chi connectivity index (χ3n) is 2.76. The van der Waals surface area contributed by atoms with E-state index in [1.807, 2.05) is 6.20 Å². The number of aliphatic imine (C=N–C) groups is 1. The Morgan fingerprint density at radius 2 is 2.25 bits per heavy atom. The number of hydrogen-bond donors (Lipinski definition) is 1. The normalized spacial score (nSPS) is 23.8. The Morgan fingerprint density at radius 1 is 1.42 bits per heavy atom. The first-order valence-electron chi connectivity index (χ1n) is 4.86. The first kappa shape index (κ1) is 8.05. The SMILES string of the molecule is C1=CB(CC2CCNCC2)C=N1. The molecule has 0 aromatic rings. The second kappa shape index (κ2) is 3.90. The van der Waals surface area contributed by atoms with Crippen molar-refractivity contribution in [2.75, 3.05) is 13.1 Å². The third kappa shape index (κ3) is 1.98. The Labute approximate surface area is 74.2 Å². The van der Waals surface area contributed by atoms with E-state index < -0.39 is 0 Å². The van der Waals surface area contributed by atoms with Crippen LogP contribution in [0.25, 0.3) is 0 Å². The number of piperidine rings is 1. The molecular formula is C9H15BN2. The molecule has 2 aliphatic rings. The molecule has 0 bridgehead atoms. The Balaban J connectivity index is 1.77. The lowest BCUT2D eigenvalue weighted by Crippen LogP contribution is -2.30. The average Bonchev–Trinajstić information content (AvgIpc) is 2.59. The lowest BCUT2D eigenvalue weighted by molar-refractivity contribution is 0.401. The topological polar surface area (TPSA) is 24.4 Å². The highest BCUT2D eigenvalue weighted by Crippen LogP contribution is 2.19. The minimum Gasteiger partial charge on any atom is -0.317 e. The lowest BCUT2D eigenvalue weighted by Gasteiger charge is -2.22. The van der Waals surface area contributed by atoms with Crippen LogP contribution in [0, 0.1) is 5.92 Å². The van der Waals surface area contributed by atoms with Crippen molar-refractivity contribution in [3.05, 3.63) is 12.2 Å². The van der Waals surface area contributed by atoms with E-state index in [1.165, 1.54) is 32.3 Å². The molecule has 0 spiro atoms. The van der Waals surface area contributed by atoms with Crippen LogP contribution in [-0.2, 0) is 0 Å². The van der Waals surface area contributed by atoms with Gasteiger partial charge in [0.15, 0.2) is 0 Å². The summed E-state index contributed by atoms with van der Waals surface area (Å²) in [6.07, 6.45) is 7.99. The van der Waals surface area contributed by atoms with Crippen molar-refractivity contribution in [3.63, 3.8) is 0 Å². The highest BCUT2D eigenvalue weighted by Gasteiger charge is 2.19. The molecule has 0 radical (unpaired) electrons. The van der Waals surface area contributed by atoms with E-state index >= 15 is 0 Å². The molecule has 0 unspecified atom stereocenters. The molecule has 1 fully saturated rings. The highest BCUT2D eigenvalue weighted by atomic mass is 14.9. The summed E-state index contributed by atoms with van der Waals surface area (Å²) >= 11 is 0. The van der Waals surface area contributed by atoms with Crippen LogP contribution < -0.4 is 5.32 Å². The molecule has 2 heterocycles. The zero-order valence-corrected chi connectivity index (χ0v) is 7.37. The molecule has 1 saturated heterocycles. The fraction of sp³-hybridized carbons (Fsp3) is 0.667. The van der Waals surface area contributed by atoms with Gasteiger partial charge >= 0.3 is 0 Å². The molecule has 0 aromatic heterocycles. The Kier molecular flexibility index (Phi) is 2.62. The molecule has 0 aliphatic carbocycles. The van der Waals surface area contributed by atoms with E-state index in [1.54, 1.807) is 0 Å². The van der Waals surface area contributed by atoms with Crippen molar-refractivity contribution in [1.82, 2.24) is 5.32 Å². The molecule has 3 heteroatoms. The van der Waals surface area contributed by atoms with Gasteiger partial charge in [-0.3, -0.25) is 4.99 Å². The fourth-order valence-corrected chi connectivity index (χ4v) is 2.01. The second-order valence-corrected chi connectivity index (χ2v) is 3.73. The van der Waals surface area contributed by atoms with Crippen molar-refractivity contribution in [2.45, 2.75) is 19.2 Å². The molecule has 64 valence electrons. The molecule has 2 rings (SSSR count). The van der Waals surface area contributed by atoms with E-state index in [0.29, 0.717) is 6.71 Å². The third-order valence-corrected chi connectivity index (χ3v) is 2.76. The Morgan fingerprint density at radius 3 is 2.92 bits per heavy atom. The zero-order valence-electron chi connectivity index (χ0n) is 7.37. The maximum absolute atomic E-state index is 4.11. The minimum absolute atomic E-state index is 0.632. The van der Waals surface area contributed by atoms with Crippen molar-refractivity contribution in [2.24, 2.45) is 10.9 Å². The lowest BCUT2D eigenvalue weighted by atomic mass is 9.47. The summed E-state index contributed by atoms with van der Waals surface area (Å²) in [7, 11) is 0. The van der Waals surface area contributed by atoms with Gasteiger partial charge in [-0.15, -0.1) is 0 Å². The van der Waals surface area contributed by atoms with E-state index in [9.17, 15) is 0 Å². The maximum Gasteiger partial charge on any atom is 0.217 e. The predicted molar refractivity (Wildman–Crippen MR) is 53.8 cm³/mol. The molecule has 12 heavy (non-hydrogen) atoms. The number of nitrogens with one attached hydrogen (secondary N) is 1. The van der Waals surface area contributed by atoms with Gasteiger partial charge in [0.1, 0.15) is 0 Å². The van der Waals surface area contributed by atoms with Crippen LogP contribution in [0.2, 0.25) is 6.32 Å². The summed E-state index contributed by atoms with van der Waals surface area (Å²) < 4.78 is 0. The second-order valence-electron chi connectivity index (χ2n) is 3.73. The van der Waals surface area contributed by atoms with E-state index in [2.05, 4.69) is 22.4 Å². The summed E-state index contributed by atoms with van der Waals surface area (Å²) in [5.41, 5.74) is 0. The molecule has 0 amide bonds. The van der Waals surface area contributed by atoms with Gasteiger partial charge in [-0.25, -0.2) is 0 Å². The molecule has 0 saturated carbocycles. The Hall–Kier alpha value is -0.565. The maximum atomic E-state index is 4.11. The average molecular weight is 162 g/mol. The minimum atomic E-state index is 0.632. The molecule has 1 N–H and O–H groups in total. The van der Waals surface area contributed by atoms with Crippen LogP contribution in [0.4, 0.5) is 0 Å². The van der Waals surface area contributed by atoms with Crippen LogP contribution in [0.5, 0.6) is 0 Å². The van der Waals surface area contributed by atoms with Gasteiger partial charge in [0, 0.05) is 6.20 Å². The van der Waals surface area contributed by atoms with Crippen LogP contribution >= 0.6 is 0 Å². The fourth-order valence-electron chi connectivity index (χ4n) is 2.01. The first-order valence-corrected chi connectivity index (χ1v) is 4.86. The predicted octanol–water partition coefficient (Wildman–Crippen LogP) is 1.16. The van der Waals surface area contributed by atoms with Crippen LogP contribution in [0.15, 0.2) is 17.2 Å². The smallest absolute Gasteiger partial charge is 0.217 e. The Bertz CT molecular complexity index is 183. The van der Waals surface area contributed by atoms with Gasteiger partial charge in [-0.05, 0) is 38.0 Å². The molecule has 2 nitrogen and oxygen atoms in total. The van der Waals surface area contributed by atoms with Gasteiger partial charge in [0.05, 0.1) is 0 Å². The molecular weight excluding hydrogens is 147 g/mol. The first-order chi connectivity index (χ1) is 5.95. The van der Waals surface area contributed by atoms with Gasteiger partial charge < -0.3 is 5.32 Å². The quantitative estimate of drug-likeness (QED) is 0.605. The molecule has 0 atom stereocenters. The number of nitrogens with zero attached hydrogens (tertiary/aromatic N) is 1. The summed E-state index contributed by atoms with van der Waals surface area (Å²) in [5.74, 6) is 3.13. The number of rotatable bonds is 2. The van der Waals surface area contributed by atoms with Crippen molar-refractivity contribution in [3.8, 4) is 0 Å². The summed E-state index contributed by atoms with van der Waals surface area (Å²) in [4.78, 5) is 4.11. The van der Waals surface area contributed by atoms with Crippen molar-refractivity contribution in [1.29, 1.82) is 0 Å². The monoisotopic (exact) mass is 162 g/mol. The van der Waals surface area contributed by atoms with E-state index in [0.717, 1.165) is 5.92 Å². The van der Waals surface area contributed by atoms with Crippen LogP contribution in [-0.4, -0.2) is 25.9 Å². The van der Waals surface area contributed by atoms with Crippen LogP contribution in [0.3, 0.4) is 0 Å². The van der Waals surface area contributed by atoms with Gasteiger partial charge in [-0.1, -0.05) is 12.3 Å². The molecule has 0 aromatic carbocycles. The standard InChI is InChI=1S/C9H15BN2/c1-4-11-5-2-9(1)7-10-3-6-12-8-10/h3,6,8-9,11H,1-2,4-5,7H2. The summed E-state index contributed by atoms with van der Waals surface area (Å²) in [6, 6.07) is 0. The highest BCUT2D eigenvalue weighted by molar-refractivity contribution is 6.90. The van der Waals surface area contributed by atoms with Gasteiger partial charge in [-0.2, -0.15) is 0 Å². The number of hydrogen-bond acceptors (Lipinski definition) is 2. The molecule has 2 aliphatic heterocycles. The van der Waals surface area contributed by atoms with Gasteiger partial charge in [0.2, 0.25) is 6.71 Å². The largest absolute Gasteiger partial charge is 0.317 e. The van der Waals surface area contributed by atoms with Gasteiger partial charge in [0.25, 0.3) is 0 Å². The van der Waals surface area contributed by atoms with E-state index in [4.69, 9.17) is 0 Å². The zero-order chi connectivity index (χ0) is 8.23. The van der Waals surface area contributed by atoms with Crippen LogP contribution in [0.1, 0.15) is 12.8 Å².